The topological polar surface area (TPSA) is 57.8 Å². The second-order valence-electron chi connectivity index (χ2n) is 4.93. The zero-order chi connectivity index (χ0) is 14.8. The summed E-state index contributed by atoms with van der Waals surface area (Å²) in [5.41, 5.74) is 2.93. The molecular weight excluding hydrogens is 269 g/mol. The summed E-state index contributed by atoms with van der Waals surface area (Å²) in [5.74, 6) is -0.598. The van der Waals surface area contributed by atoms with Crippen LogP contribution < -0.4 is 5.32 Å². The molecule has 1 amide bonds. The van der Waals surface area contributed by atoms with Gasteiger partial charge in [0.1, 0.15) is 5.82 Å². The van der Waals surface area contributed by atoms with Crippen LogP contribution in [0.2, 0.25) is 0 Å². The van der Waals surface area contributed by atoms with Crippen LogP contribution >= 0.6 is 0 Å². The standard InChI is InChI=1S/C16H14FN3O/c1-10-5-6-14-13(7-10)15(20-19-14)16(21)18-9-11-3-2-4-12(17)8-11/h2-8H,9H2,1H3,(H,18,21)(H,19,20). The number of rotatable bonds is 3. The van der Waals surface area contributed by atoms with Crippen molar-refractivity contribution in [1.29, 1.82) is 0 Å². The molecule has 1 heterocycles. The van der Waals surface area contributed by atoms with Gasteiger partial charge < -0.3 is 5.32 Å². The van der Waals surface area contributed by atoms with Crippen molar-refractivity contribution in [3.8, 4) is 0 Å². The van der Waals surface area contributed by atoms with Crippen LogP contribution in [-0.2, 0) is 6.54 Å². The van der Waals surface area contributed by atoms with Crippen molar-refractivity contribution in [3.63, 3.8) is 0 Å². The van der Waals surface area contributed by atoms with Crippen molar-refractivity contribution in [2.45, 2.75) is 13.5 Å². The lowest BCUT2D eigenvalue weighted by molar-refractivity contribution is 0.0947. The summed E-state index contributed by atoms with van der Waals surface area (Å²) in [6, 6.07) is 11.9. The van der Waals surface area contributed by atoms with Gasteiger partial charge in [0.05, 0.1) is 5.52 Å². The summed E-state index contributed by atoms with van der Waals surface area (Å²) in [6.07, 6.45) is 0. The third-order valence-electron chi connectivity index (χ3n) is 3.28. The largest absolute Gasteiger partial charge is 0.347 e. The zero-order valence-corrected chi connectivity index (χ0v) is 11.5. The highest BCUT2D eigenvalue weighted by Crippen LogP contribution is 2.17. The first-order valence-corrected chi connectivity index (χ1v) is 6.61. The van der Waals surface area contributed by atoms with Crippen molar-refractivity contribution in [1.82, 2.24) is 15.5 Å². The number of aromatic amines is 1. The van der Waals surface area contributed by atoms with Gasteiger partial charge in [-0.3, -0.25) is 9.89 Å². The third kappa shape index (κ3) is 2.76. The fourth-order valence-electron chi connectivity index (χ4n) is 2.21. The summed E-state index contributed by atoms with van der Waals surface area (Å²) in [6.45, 7) is 2.22. The molecule has 0 radical (unpaired) electrons. The van der Waals surface area contributed by atoms with Crippen LogP contribution in [-0.4, -0.2) is 16.1 Å². The number of nitrogens with zero attached hydrogens (tertiary/aromatic N) is 1. The van der Waals surface area contributed by atoms with E-state index in [9.17, 15) is 9.18 Å². The van der Waals surface area contributed by atoms with Crippen LogP contribution in [0.25, 0.3) is 10.9 Å². The molecular formula is C16H14FN3O. The summed E-state index contributed by atoms with van der Waals surface area (Å²) in [7, 11) is 0. The van der Waals surface area contributed by atoms with Crippen molar-refractivity contribution in [3.05, 3.63) is 65.1 Å². The Morgan fingerprint density at radius 2 is 2.14 bits per heavy atom. The van der Waals surface area contributed by atoms with Gasteiger partial charge in [-0.2, -0.15) is 5.10 Å². The van der Waals surface area contributed by atoms with Gasteiger partial charge in [-0.25, -0.2) is 4.39 Å². The normalized spacial score (nSPS) is 10.8. The predicted octanol–water partition coefficient (Wildman–Crippen LogP) is 2.94. The minimum atomic E-state index is -0.317. The SMILES string of the molecule is Cc1ccc2[nH]nc(C(=O)NCc3cccc(F)c3)c2c1. The monoisotopic (exact) mass is 283 g/mol. The third-order valence-corrected chi connectivity index (χ3v) is 3.28. The molecule has 0 unspecified atom stereocenters. The van der Waals surface area contributed by atoms with E-state index in [0.29, 0.717) is 11.3 Å². The van der Waals surface area contributed by atoms with Crippen molar-refractivity contribution < 1.29 is 9.18 Å². The molecule has 4 nitrogen and oxygen atoms in total. The summed E-state index contributed by atoms with van der Waals surface area (Å²) in [4.78, 5) is 12.2. The fourth-order valence-corrected chi connectivity index (χ4v) is 2.21. The number of hydrogen-bond donors (Lipinski definition) is 2. The molecule has 1 aromatic heterocycles. The smallest absolute Gasteiger partial charge is 0.272 e. The average molecular weight is 283 g/mol. The molecule has 3 aromatic rings. The predicted molar refractivity (Wildman–Crippen MR) is 78.4 cm³/mol. The maximum Gasteiger partial charge on any atom is 0.272 e. The minimum absolute atomic E-state index is 0.261. The van der Waals surface area contributed by atoms with Crippen LogP contribution in [0.4, 0.5) is 4.39 Å². The lowest BCUT2D eigenvalue weighted by atomic mass is 10.1. The first-order valence-electron chi connectivity index (χ1n) is 6.61. The molecule has 21 heavy (non-hydrogen) atoms. The molecule has 0 aliphatic rings. The number of carbonyl (C=O) groups excluding carboxylic acids is 1. The van der Waals surface area contributed by atoms with Gasteiger partial charge in [-0.15, -0.1) is 0 Å². The van der Waals surface area contributed by atoms with Crippen LogP contribution in [0.1, 0.15) is 21.6 Å². The minimum Gasteiger partial charge on any atom is -0.347 e. The Hall–Kier alpha value is -2.69. The number of carbonyl (C=O) groups is 1. The molecule has 0 aliphatic heterocycles. The Bertz CT molecular complexity index is 810. The number of aromatic nitrogens is 2. The van der Waals surface area contributed by atoms with Gasteiger partial charge in [0.15, 0.2) is 5.69 Å². The van der Waals surface area contributed by atoms with E-state index in [2.05, 4.69) is 15.5 Å². The second-order valence-corrected chi connectivity index (χ2v) is 4.93. The van der Waals surface area contributed by atoms with E-state index in [1.54, 1.807) is 12.1 Å². The van der Waals surface area contributed by atoms with Gasteiger partial charge in [-0.1, -0.05) is 23.8 Å². The summed E-state index contributed by atoms with van der Waals surface area (Å²) >= 11 is 0. The number of H-pyrrole nitrogens is 1. The first kappa shape index (κ1) is 13.3. The summed E-state index contributed by atoms with van der Waals surface area (Å²) in [5, 5.41) is 10.4. The maximum atomic E-state index is 13.1. The molecule has 2 N–H and O–H groups in total. The van der Waals surface area contributed by atoms with E-state index in [4.69, 9.17) is 0 Å². The highest BCUT2D eigenvalue weighted by atomic mass is 19.1. The maximum absolute atomic E-state index is 13.1. The van der Waals surface area contributed by atoms with Crippen LogP contribution in [0.3, 0.4) is 0 Å². The number of halogens is 1. The lowest BCUT2D eigenvalue weighted by Gasteiger charge is -2.04. The number of aryl methyl sites for hydroxylation is 1. The molecule has 106 valence electrons. The van der Waals surface area contributed by atoms with Crippen molar-refractivity contribution in [2.24, 2.45) is 0 Å². The van der Waals surface area contributed by atoms with Crippen molar-refractivity contribution in [2.75, 3.05) is 0 Å². The Balaban J connectivity index is 1.79. The molecule has 5 heteroatoms. The Morgan fingerprint density at radius 1 is 1.29 bits per heavy atom. The lowest BCUT2D eigenvalue weighted by Crippen LogP contribution is -2.23. The average Bonchev–Trinajstić information content (AvgIpc) is 2.88. The van der Waals surface area contributed by atoms with Gasteiger partial charge in [-0.05, 0) is 36.8 Å². The zero-order valence-electron chi connectivity index (χ0n) is 11.5. The summed E-state index contributed by atoms with van der Waals surface area (Å²) < 4.78 is 13.1. The number of benzene rings is 2. The highest BCUT2D eigenvalue weighted by Gasteiger charge is 2.13. The molecule has 0 spiro atoms. The Kier molecular flexibility index (Phi) is 3.39. The van der Waals surface area contributed by atoms with Crippen molar-refractivity contribution >= 4 is 16.8 Å². The second kappa shape index (κ2) is 5.36. The molecule has 2 aromatic carbocycles. The van der Waals surface area contributed by atoms with E-state index in [1.165, 1.54) is 12.1 Å². The van der Waals surface area contributed by atoms with E-state index in [0.717, 1.165) is 16.5 Å². The van der Waals surface area contributed by atoms with Crippen LogP contribution in [0.15, 0.2) is 42.5 Å². The quantitative estimate of drug-likeness (QED) is 0.776. The van der Waals surface area contributed by atoms with Gasteiger partial charge in [0.25, 0.3) is 5.91 Å². The number of nitrogens with one attached hydrogen (secondary N) is 2. The first-order chi connectivity index (χ1) is 10.1. The molecule has 0 bridgehead atoms. The molecule has 0 aliphatic carbocycles. The van der Waals surface area contributed by atoms with E-state index in [-0.39, 0.29) is 18.3 Å². The van der Waals surface area contributed by atoms with Gasteiger partial charge >= 0.3 is 0 Å². The molecule has 0 atom stereocenters. The number of fused-ring (bicyclic) bond motifs is 1. The highest BCUT2D eigenvalue weighted by molar-refractivity contribution is 6.04. The van der Waals surface area contributed by atoms with Crippen LogP contribution in [0.5, 0.6) is 0 Å². The van der Waals surface area contributed by atoms with E-state index < -0.39 is 0 Å². The number of amides is 1. The van der Waals surface area contributed by atoms with Gasteiger partial charge in [0.2, 0.25) is 0 Å². The molecule has 0 saturated carbocycles. The molecule has 0 saturated heterocycles. The van der Waals surface area contributed by atoms with E-state index in [1.807, 2.05) is 25.1 Å². The Labute approximate surface area is 121 Å². The molecule has 0 fully saturated rings. The fraction of sp³-hybridized carbons (Fsp3) is 0.125. The Morgan fingerprint density at radius 3 is 2.95 bits per heavy atom. The van der Waals surface area contributed by atoms with Gasteiger partial charge in [0, 0.05) is 11.9 Å². The molecule has 3 rings (SSSR count). The van der Waals surface area contributed by atoms with Crippen LogP contribution in [0, 0.1) is 12.7 Å². The number of hydrogen-bond acceptors (Lipinski definition) is 2. The van der Waals surface area contributed by atoms with E-state index >= 15 is 0 Å².